The molecule has 0 bridgehead atoms. The summed E-state index contributed by atoms with van der Waals surface area (Å²) in [6.45, 7) is 1.91. The zero-order valence-electron chi connectivity index (χ0n) is 12.1. The molecule has 0 saturated heterocycles. The molecule has 0 unspecified atom stereocenters. The molecule has 0 amide bonds. The fourth-order valence-electron chi connectivity index (χ4n) is 1.84. The summed E-state index contributed by atoms with van der Waals surface area (Å²) >= 11 is 0. The number of rotatable bonds is 5. The van der Waals surface area contributed by atoms with Crippen molar-refractivity contribution in [3.05, 3.63) is 63.7 Å². The molecular weight excluding hydrogens is 320 g/mol. The Morgan fingerprint density at radius 1 is 1.26 bits per heavy atom. The van der Waals surface area contributed by atoms with Crippen LogP contribution in [0.3, 0.4) is 0 Å². The van der Waals surface area contributed by atoms with Crippen LogP contribution in [0.15, 0.2) is 52.5 Å². The normalized spacial score (nSPS) is 11.6. The van der Waals surface area contributed by atoms with Gasteiger partial charge in [-0.05, 0) is 30.2 Å². The summed E-state index contributed by atoms with van der Waals surface area (Å²) in [7, 11) is -4.02. The van der Waals surface area contributed by atoms with E-state index in [4.69, 9.17) is 5.14 Å². The minimum atomic E-state index is -4.02. The van der Waals surface area contributed by atoms with Crippen molar-refractivity contribution in [1.29, 1.82) is 0 Å². The lowest BCUT2D eigenvalue weighted by molar-refractivity contribution is -0.384. The number of anilines is 1. The lowest BCUT2D eigenvalue weighted by Crippen LogP contribution is -2.12. The highest BCUT2D eigenvalue weighted by atomic mass is 32.2. The van der Waals surface area contributed by atoms with E-state index in [1.54, 1.807) is 0 Å². The second kappa shape index (κ2) is 6.55. The Bertz CT molecular complexity index is 878. The molecule has 0 aliphatic carbocycles. The number of primary sulfonamides is 1. The maximum absolute atomic E-state index is 11.3. The van der Waals surface area contributed by atoms with E-state index in [1.807, 2.05) is 31.2 Å². The van der Waals surface area contributed by atoms with Gasteiger partial charge in [-0.2, -0.15) is 5.10 Å². The summed E-state index contributed by atoms with van der Waals surface area (Å²) in [5, 5.41) is 20.0. The van der Waals surface area contributed by atoms with E-state index in [1.165, 1.54) is 18.3 Å². The average molecular weight is 334 g/mol. The van der Waals surface area contributed by atoms with Crippen LogP contribution in [0, 0.1) is 17.0 Å². The van der Waals surface area contributed by atoms with Crippen molar-refractivity contribution in [1.82, 2.24) is 0 Å². The van der Waals surface area contributed by atoms with Crippen molar-refractivity contribution in [2.24, 2.45) is 10.2 Å². The van der Waals surface area contributed by atoms with Crippen molar-refractivity contribution in [2.75, 3.05) is 5.43 Å². The maximum Gasteiger partial charge on any atom is 0.295 e. The van der Waals surface area contributed by atoms with Crippen molar-refractivity contribution in [3.8, 4) is 0 Å². The van der Waals surface area contributed by atoms with E-state index in [0.29, 0.717) is 0 Å². The van der Waals surface area contributed by atoms with Gasteiger partial charge in [0.25, 0.3) is 5.69 Å². The first-order chi connectivity index (χ1) is 10.8. The van der Waals surface area contributed by atoms with Crippen LogP contribution >= 0.6 is 0 Å². The van der Waals surface area contributed by atoms with Crippen LogP contribution in [0.25, 0.3) is 0 Å². The minimum Gasteiger partial charge on any atom is -0.272 e. The first-order valence-corrected chi connectivity index (χ1v) is 7.99. The van der Waals surface area contributed by atoms with Crippen LogP contribution in [0.2, 0.25) is 0 Å². The molecule has 0 aromatic heterocycles. The summed E-state index contributed by atoms with van der Waals surface area (Å²) in [6.07, 6.45) is 1.52. The van der Waals surface area contributed by atoms with Gasteiger partial charge >= 0.3 is 0 Å². The van der Waals surface area contributed by atoms with Crippen LogP contribution in [0.1, 0.15) is 11.1 Å². The smallest absolute Gasteiger partial charge is 0.272 e. The van der Waals surface area contributed by atoms with Crippen LogP contribution in [-0.2, 0) is 10.0 Å². The van der Waals surface area contributed by atoms with E-state index in [9.17, 15) is 18.5 Å². The standard InChI is InChI=1S/C14H14N4O4S/c1-10-4-2-3-5-11(10)9-16-17-13-7-6-12(23(15,21)22)8-14(13)18(19)20/h2-9,17H,1H3,(H2,15,21,22)/b16-9-. The Kier molecular flexibility index (Phi) is 4.72. The largest absolute Gasteiger partial charge is 0.295 e. The number of nitrogens with two attached hydrogens (primary N) is 1. The molecule has 0 spiro atoms. The Hall–Kier alpha value is -2.78. The average Bonchev–Trinajstić information content (AvgIpc) is 2.48. The molecule has 0 atom stereocenters. The first kappa shape index (κ1) is 16.6. The molecular formula is C14H14N4O4S. The summed E-state index contributed by atoms with van der Waals surface area (Å²) in [5.41, 5.74) is 4.02. The van der Waals surface area contributed by atoms with Gasteiger partial charge in [-0.1, -0.05) is 24.3 Å². The molecule has 0 aliphatic rings. The lowest BCUT2D eigenvalue weighted by atomic mass is 10.1. The Morgan fingerprint density at radius 2 is 1.96 bits per heavy atom. The fourth-order valence-corrected chi connectivity index (χ4v) is 2.37. The van der Waals surface area contributed by atoms with Gasteiger partial charge in [0, 0.05) is 6.07 Å². The van der Waals surface area contributed by atoms with Crippen molar-refractivity contribution in [3.63, 3.8) is 0 Å². The SMILES string of the molecule is Cc1ccccc1/C=N\Nc1ccc(S(N)(=O)=O)cc1[N+](=O)[O-]. The minimum absolute atomic E-state index is 0.0623. The van der Waals surface area contributed by atoms with Gasteiger partial charge in [-0.15, -0.1) is 0 Å². The number of nitro benzene ring substituents is 1. The predicted molar refractivity (Wildman–Crippen MR) is 86.9 cm³/mol. The fraction of sp³-hybridized carbons (Fsp3) is 0.0714. The van der Waals surface area contributed by atoms with Gasteiger partial charge in [0.05, 0.1) is 16.0 Å². The van der Waals surface area contributed by atoms with E-state index >= 15 is 0 Å². The van der Waals surface area contributed by atoms with Crippen LogP contribution < -0.4 is 10.6 Å². The molecule has 2 aromatic carbocycles. The monoisotopic (exact) mass is 334 g/mol. The van der Waals surface area contributed by atoms with Gasteiger partial charge in [0.2, 0.25) is 10.0 Å². The Morgan fingerprint density at radius 3 is 2.57 bits per heavy atom. The number of hydrazone groups is 1. The zero-order chi connectivity index (χ0) is 17.0. The molecule has 0 heterocycles. The highest BCUT2D eigenvalue weighted by Crippen LogP contribution is 2.27. The predicted octanol–water partition coefficient (Wildman–Crippen LogP) is 2.00. The van der Waals surface area contributed by atoms with Gasteiger partial charge < -0.3 is 0 Å². The number of aryl methyl sites for hydroxylation is 1. The Balaban J connectivity index is 2.30. The molecule has 120 valence electrons. The highest BCUT2D eigenvalue weighted by molar-refractivity contribution is 7.89. The van der Waals surface area contributed by atoms with Crippen molar-refractivity contribution < 1.29 is 13.3 Å². The number of hydrogen-bond acceptors (Lipinski definition) is 6. The summed E-state index contributed by atoms with van der Waals surface area (Å²) in [6, 6.07) is 10.8. The molecule has 3 N–H and O–H groups in total. The van der Waals surface area contributed by atoms with Gasteiger partial charge in [0.15, 0.2) is 0 Å². The molecule has 2 rings (SSSR count). The van der Waals surface area contributed by atoms with E-state index in [0.717, 1.165) is 17.2 Å². The first-order valence-electron chi connectivity index (χ1n) is 6.45. The van der Waals surface area contributed by atoms with Gasteiger partial charge in [-0.25, -0.2) is 13.6 Å². The van der Waals surface area contributed by atoms with E-state index in [2.05, 4.69) is 10.5 Å². The molecule has 8 nitrogen and oxygen atoms in total. The summed E-state index contributed by atoms with van der Waals surface area (Å²) < 4.78 is 22.5. The van der Waals surface area contributed by atoms with E-state index < -0.39 is 20.6 Å². The molecule has 2 aromatic rings. The number of sulfonamides is 1. The number of hydrogen-bond donors (Lipinski definition) is 2. The number of nitro groups is 1. The molecule has 0 aliphatic heterocycles. The Labute approximate surface area is 132 Å². The van der Waals surface area contributed by atoms with Crippen LogP contribution in [0.4, 0.5) is 11.4 Å². The van der Waals surface area contributed by atoms with Crippen molar-refractivity contribution >= 4 is 27.6 Å². The van der Waals surface area contributed by atoms with Gasteiger partial charge in [0.1, 0.15) is 5.69 Å². The zero-order valence-corrected chi connectivity index (χ0v) is 12.9. The van der Waals surface area contributed by atoms with Gasteiger partial charge in [-0.3, -0.25) is 15.5 Å². The number of benzene rings is 2. The topological polar surface area (TPSA) is 128 Å². The number of nitrogens with zero attached hydrogens (tertiary/aromatic N) is 2. The van der Waals surface area contributed by atoms with Crippen LogP contribution in [-0.4, -0.2) is 19.6 Å². The quantitative estimate of drug-likeness (QED) is 0.491. The second-order valence-corrected chi connectivity index (χ2v) is 6.27. The molecule has 0 saturated carbocycles. The second-order valence-electron chi connectivity index (χ2n) is 4.71. The molecule has 0 radical (unpaired) electrons. The summed E-state index contributed by atoms with van der Waals surface area (Å²) in [4.78, 5) is 10.0. The summed E-state index contributed by atoms with van der Waals surface area (Å²) in [5.74, 6) is 0. The van der Waals surface area contributed by atoms with Crippen molar-refractivity contribution in [2.45, 2.75) is 11.8 Å². The van der Waals surface area contributed by atoms with E-state index in [-0.39, 0.29) is 10.6 Å². The molecule has 0 fully saturated rings. The molecule has 23 heavy (non-hydrogen) atoms. The highest BCUT2D eigenvalue weighted by Gasteiger charge is 2.18. The molecule has 9 heteroatoms. The third-order valence-electron chi connectivity index (χ3n) is 3.07. The lowest BCUT2D eigenvalue weighted by Gasteiger charge is -2.04. The van der Waals surface area contributed by atoms with Crippen LogP contribution in [0.5, 0.6) is 0 Å². The number of nitrogens with one attached hydrogen (secondary N) is 1. The third kappa shape index (κ3) is 4.11. The maximum atomic E-state index is 11.3. The third-order valence-corrected chi connectivity index (χ3v) is 3.98.